The quantitative estimate of drug-likeness (QED) is 0.677. The average Bonchev–Trinajstić information content (AvgIpc) is 2.45. The maximum atomic E-state index is 13.7. The molecular formula is C13H20F2N2O2S2. The van der Waals surface area contributed by atoms with Crippen LogP contribution in [-0.4, -0.2) is 27.0 Å². The highest BCUT2D eigenvalue weighted by Crippen LogP contribution is 2.19. The molecule has 0 bridgehead atoms. The molecule has 1 aromatic carbocycles. The van der Waals surface area contributed by atoms with E-state index in [0.29, 0.717) is 6.42 Å². The molecule has 4 nitrogen and oxygen atoms in total. The molecule has 120 valence electrons. The Balaban J connectivity index is 2.72. The van der Waals surface area contributed by atoms with Crippen LogP contribution in [0.1, 0.15) is 24.8 Å². The number of halogens is 2. The molecule has 0 aliphatic rings. The maximum Gasteiger partial charge on any atom is 0.243 e. The first-order valence-corrected chi connectivity index (χ1v) is 9.46. The van der Waals surface area contributed by atoms with E-state index < -0.39 is 26.6 Å². The predicted octanol–water partition coefficient (Wildman–Crippen LogP) is 2.24. The smallest absolute Gasteiger partial charge is 0.243 e. The molecule has 0 aliphatic heterocycles. The number of unbranched alkanes of at least 4 members (excludes halogenated alkanes) is 2. The van der Waals surface area contributed by atoms with Crippen molar-refractivity contribution in [2.75, 3.05) is 18.6 Å². The van der Waals surface area contributed by atoms with Gasteiger partial charge < -0.3 is 5.73 Å². The lowest BCUT2D eigenvalue weighted by molar-refractivity contribution is 0.481. The van der Waals surface area contributed by atoms with E-state index >= 15 is 0 Å². The van der Waals surface area contributed by atoms with Crippen molar-refractivity contribution in [1.82, 2.24) is 4.72 Å². The molecule has 0 aromatic heterocycles. The summed E-state index contributed by atoms with van der Waals surface area (Å²) in [7, 11) is -4.06. The summed E-state index contributed by atoms with van der Waals surface area (Å²) in [6, 6.07) is 1.96. The summed E-state index contributed by atoms with van der Waals surface area (Å²) in [4.78, 5) is -0.688. The lowest BCUT2D eigenvalue weighted by atomic mass is 10.2. The maximum absolute atomic E-state index is 13.7. The second-order valence-corrected chi connectivity index (χ2v) is 7.27. The number of nitrogens with one attached hydrogen (secondary N) is 1. The van der Waals surface area contributed by atoms with Crippen LogP contribution < -0.4 is 10.5 Å². The van der Waals surface area contributed by atoms with Crippen LogP contribution in [0.4, 0.5) is 8.78 Å². The van der Waals surface area contributed by atoms with E-state index in [1.54, 1.807) is 11.8 Å². The lowest BCUT2D eigenvalue weighted by Gasteiger charge is -2.09. The molecule has 0 amide bonds. The van der Waals surface area contributed by atoms with Gasteiger partial charge in [-0.1, -0.05) is 6.42 Å². The van der Waals surface area contributed by atoms with E-state index in [1.807, 2.05) is 6.26 Å². The Kier molecular flexibility index (Phi) is 7.58. The van der Waals surface area contributed by atoms with Gasteiger partial charge in [-0.05, 0) is 42.5 Å². The van der Waals surface area contributed by atoms with Crippen LogP contribution in [0.25, 0.3) is 0 Å². The third-order valence-electron chi connectivity index (χ3n) is 2.90. The molecule has 0 atom stereocenters. The van der Waals surface area contributed by atoms with Crippen molar-refractivity contribution in [2.45, 2.75) is 30.7 Å². The summed E-state index contributed by atoms with van der Waals surface area (Å²) in [6.45, 7) is 0.138. The van der Waals surface area contributed by atoms with Gasteiger partial charge in [-0.15, -0.1) is 0 Å². The molecule has 0 spiro atoms. The van der Waals surface area contributed by atoms with Crippen LogP contribution in [0, 0.1) is 11.6 Å². The van der Waals surface area contributed by atoms with Crippen molar-refractivity contribution in [2.24, 2.45) is 5.73 Å². The van der Waals surface area contributed by atoms with Gasteiger partial charge in [0.25, 0.3) is 0 Å². The van der Waals surface area contributed by atoms with Crippen molar-refractivity contribution < 1.29 is 17.2 Å². The van der Waals surface area contributed by atoms with Gasteiger partial charge in [0, 0.05) is 13.1 Å². The number of benzene rings is 1. The zero-order valence-corrected chi connectivity index (χ0v) is 13.5. The normalized spacial score (nSPS) is 11.8. The predicted molar refractivity (Wildman–Crippen MR) is 81.7 cm³/mol. The van der Waals surface area contributed by atoms with Gasteiger partial charge >= 0.3 is 0 Å². The molecule has 0 unspecified atom stereocenters. The van der Waals surface area contributed by atoms with Crippen molar-refractivity contribution in [3.05, 3.63) is 29.3 Å². The first-order valence-electron chi connectivity index (χ1n) is 6.59. The van der Waals surface area contributed by atoms with Gasteiger partial charge in [-0.25, -0.2) is 21.9 Å². The summed E-state index contributed by atoms with van der Waals surface area (Å²) >= 11 is 1.73. The van der Waals surface area contributed by atoms with Gasteiger partial charge in [-0.3, -0.25) is 0 Å². The van der Waals surface area contributed by atoms with Gasteiger partial charge in [0.2, 0.25) is 10.0 Å². The van der Waals surface area contributed by atoms with E-state index in [2.05, 4.69) is 4.72 Å². The molecule has 3 N–H and O–H groups in total. The zero-order valence-electron chi connectivity index (χ0n) is 11.9. The molecule has 8 heteroatoms. The van der Waals surface area contributed by atoms with Crippen LogP contribution in [0.15, 0.2) is 17.0 Å². The number of nitrogens with two attached hydrogens (primary N) is 1. The summed E-state index contributed by atoms with van der Waals surface area (Å²) in [5, 5.41) is 0. The minimum atomic E-state index is -4.06. The molecule has 0 radical (unpaired) electrons. The highest BCUT2D eigenvalue weighted by atomic mass is 32.2. The third-order valence-corrected chi connectivity index (χ3v) is 5.05. The Morgan fingerprint density at radius 2 is 1.95 bits per heavy atom. The van der Waals surface area contributed by atoms with Crippen molar-refractivity contribution >= 4 is 21.8 Å². The molecule has 0 fully saturated rings. The first-order chi connectivity index (χ1) is 9.92. The molecule has 0 saturated heterocycles. The Morgan fingerprint density at radius 3 is 2.57 bits per heavy atom. The van der Waals surface area contributed by atoms with Crippen LogP contribution in [0.2, 0.25) is 0 Å². The Hall–Kier alpha value is -0.700. The molecule has 1 rings (SSSR count). The average molecular weight is 338 g/mol. The third kappa shape index (κ3) is 5.54. The highest BCUT2D eigenvalue weighted by Gasteiger charge is 2.22. The molecule has 1 aromatic rings. The van der Waals surface area contributed by atoms with Crippen molar-refractivity contribution in [3.63, 3.8) is 0 Å². The fourth-order valence-corrected chi connectivity index (χ4v) is 3.46. The molecular weight excluding hydrogens is 318 g/mol. The summed E-state index contributed by atoms with van der Waals surface area (Å²) < 4.78 is 53.3. The Bertz CT molecular complexity index is 566. The van der Waals surface area contributed by atoms with E-state index in [4.69, 9.17) is 5.73 Å². The monoisotopic (exact) mass is 338 g/mol. The molecule has 0 saturated carbocycles. The summed E-state index contributed by atoms with van der Waals surface area (Å²) in [6.07, 6.45) is 4.53. The second-order valence-electron chi connectivity index (χ2n) is 4.55. The standard InChI is InChI=1S/C13H20F2N2O2S2/c1-20-6-4-2-3-5-17-21(18,19)12-8-10(9-16)7-11(14)13(12)15/h7-8,17H,2-6,9,16H2,1H3. The van der Waals surface area contributed by atoms with Gasteiger partial charge in [0.1, 0.15) is 4.90 Å². The number of hydrogen-bond donors (Lipinski definition) is 2. The van der Waals surface area contributed by atoms with E-state index in [9.17, 15) is 17.2 Å². The Morgan fingerprint density at radius 1 is 1.24 bits per heavy atom. The topological polar surface area (TPSA) is 72.2 Å². The largest absolute Gasteiger partial charge is 0.326 e. The van der Waals surface area contributed by atoms with Crippen LogP contribution in [0.3, 0.4) is 0 Å². The van der Waals surface area contributed by atoms with Crippen LogP contribution in [0.5, 0.6) is 0 Å². The molecule has 21 heavy (non-hydrogen) atoms. The number of sulfonamides is 1. The Labute approximate surface area is 128 Å². The van der Waals surface area contributed by atoms with Gasteiger partial charge in [0.15, 0.2) is 11.6 Å². The SMILES string of the molecule is CSCCCCCNS(=O)(=O)c1cc(CN)cc(F)c1F. The minimum Gasteiger partial charge on any atom is -0.326 e. The molecule has 0 aliphatic carbocycles. The van der Waals surface area contributed by atoms with Gasteiger partial charge in [0.05, 0.1) is 0 Å². The van der Waals surface area contributed by atoms with Crippen molar-refractivity contribution in [1.29, 1.82) is 0 Å². The van der Waals surface area contributed by atoms with Gasteiger partial charge in [-0.2, -0.15) is 11.8 Å². The fourth-order valence-electron chi connectivity index (χ4n) is 1.76. The number of rotatable bonds is 9. The summed E-state index contributed by atoms with van der Waals surface area (Å²) in [5.41, 5.74) is 5.57. The molecule has 0 heterocycles. The lowest BCUT2D eigenvalue weighted by Crippen LogP contribution is -2.26. The van der Waals surface area contributed by atoms with E-state index in [-0.39, 0.29) is 18.7 Å². The number of hydrogen-bond acceptors (Lipinski definition) is 4. The summed E-state index contributed by atoms with van der Waals surface area (Å²) in [5.74, 6) is -1.56. The highest BCUT2D eigenvalue weighted by molar-refractivity contribution is 7.98. The second kappa shape index (κ2) is 8.67. The van der Waals surface area contributed by atoms with E-state index in [0.717, 1.165) is 30.7 Å². The minimum absolute atomic E-state index is 0.0611. The van der Waals surface area contributed by atoms with Crippen LogP contribution in [-0.2, 0) is 16.6 Å². The van der Waals surface area contributed by atoms with E-state index in [1.165, 1.54) is 0 Å². The number of thioether (sulfide) groups is 1. The zero-order chi connectivity index (χ0) is 15.9. The fraction of sp³-hybridized carbons (Fsp3) is 0.538. The first kappa shape index (κ1) is 18.3. The van der Waals surface area contributed by atoms with Crippen molar-refractivity contribution in [3.8, 4) is 0 Å². The van der Waals surface area contributed by atoms with Crippen LogP contribution >= 0.6 is 11.8 Å².